The molecule has 0 aromatic heterocycles. The van der Waals surface area contributed by atoms with Crippen LogP contribution >= 0.6 is 24.0 Å². The van der Waals surface area contributed by atoms with Crippen molar-refractivity contribution < 1.29 is 14.3 Å². The third-order valence-electron chi connectivity index (χ3n) is 3.29. The van der Waals surface area contributed by atoms with E-state index in [0.717, 1.165) is 5.56 Å². The molecule has 2 unspecified atom stereocenters. The van der Waals surface area contributed by atoms with Crippen LogP contribution < -0.4 is 5.73 Å². The number of nitrogens with two attached hydrogens (primary N) is 1. The van der Waals surface area contributed by atoms with Gasteiger partial charge in [-0.2, -0.15) is 0 Å². The van der Waals surface area contributed by atoms with E-state index in [-0.39, 0.29) is 31.0 Å². The Hall–Kier alpha value is -0.850. The summed E-state index contributed by atoms with van der Waals surface area (Å²) in [5.74, 6) is -0.118. The summed E-state index contributed by atoms with van der Waals surface area (Å²) in [5.41, 5.74) is 6.68. The van der Waals surface area contributed by atoms with Gasteiger partial charge in [0.05, 0.1) is 19.8 Å². The molecule has 2 atom stereocenters. The van der Waals surface area contributed by atoms with Gasteiger partial charge in [0.25, 0.3) is 0 Å². The smallest absolute Gasteiger partial charge is 0.242 e. The van der Waals surface area contributed by atoms with E-state index in [2.05, 4.69) is 0 Å². The van der Waals surface area contributed by atoms with Crippen LogP contribution in [-0.4, -0.2) is 50.3 Å². The molecule has 0 spiro atoms. The molecule has 0 radical (unpaired) electrons. The Bertz CT molecular complexity index is 473. The van der Waals surface area contributed by atoms with Crippen molar-refractivity contribution in [2.75, 3.05) is 33.4 Å². The van der Waals surface area contributed by atoms with Crippen molar-refractivity contribution in [3.8, 4) is 0 Å². The molecule has 1 saturated heterocycles. The number of hydrogen-bond donors (Lipinski definition) is 1. The highest BCUT2D eigenvalue weighted by Crippen LogP contribution is 2.28. The molecule has 1 aliphatic rings. The normalized spacial score (nSPS) is 19.8. The van der Waals surface area contributed by atoms with E-state index in [9.17, 15) is 4.79 Å². The standard InChI is InChI=1S/C14H19ClN2O3.ClH/c1-19-9-12(16)14(18)17-6-7-20-13(8-17)10-4-2-3-5-11(10)15;/h2-5,12-13H,6-9,16H2,1H3;1H. The molecule has 1 aromatic rings. The summed E-state index contributed by atoms with van der Waals surface area (Å²) in [4.78, 5) is 13.9. The van der Waals surface area contributed by atoms with Gasteiger partial charge in [0.2, 0.25) is 5.91 Å². The van der Waals surface area contributed by atoms with Crippen LogP contribution in [-0.2, 0) is 14.3 Å². The van der Waals surface area contributed by atoms with Crippen molar-refractivity contribution >= 4 is 29.9 Å². The second-order valence-corrected chi connectivity index (χ2v) is 5.13. The zero-order valence-electron chi connectivity index (χ0n) is 11.8. The van der Waals surface area contributed by atoms with Crippen LogP contribution in [0.4, 0.5) is 0 Å². The number of amides is 1. The number of carbonyl (C=O) groups is 1. The molecule has 1 amide bonds. The van der Waals surface area contributed by atoms with E-state index in [1.54, 1.807) is 4.90 Å². The Kier molecular flexibility index (Phi) is 7.42. The number of hydrogen-bond acceptors (Lipinski definition) is 4. The average Bonchev–Trinajstić information content (AvgIpc) is 2.47. The van der Waals surface area contributed by atoms with Gasteiger partial charge in [-0.05, 0) is 6.07 Å². The molecule has 1 aliphatic heterocycles. The number of methoxy groups -OCH3 is 1. The number of ether oxygens (including phenoxy) is 2. The molecule has 7 heteroatoms. The third kappa shape index (κ3) is 4.56. The van der Waals surface area contributed by atoms with Gasteiger partial charge in [0, 0.05) is 24.2 Å². The van der Waals surface area contributed by atoms with E-state index >= 15 is 0 Å². The second-order valence-electron chi connectivity index (χ2n) is 4.73. The van der Waals surface area contributed by atoms with Gasteiger partial charge in [-0.3, -0.25) is 4.79 Å². The Balaban J connectivity index is 0.00000220. The zero-order valence-corrected chi connectivity index (χ0v) is 13.4. The fourth-order valence-corrected chi connectivity index (χ4v) is 2.52. The monoisotopic (exact) mass is 334 g/mol. The first-order chi connectivity index (χ1) is 9.63. The molecule has 118 valence electrons. The van der Waals surface area contributed by atoms with Gasteiger partial charge in [0.1, 0.15) is 12.1 Å². The lowest BCUT2D eigenvalue weighted by molar-refractivity contribution is -0.141. The lowest BCUT2D eigenvalue weighted by atomic mass is 10.1. The Labute approximate surface area is 135 Å². The molecule has 1 heterocycles. The number of nitrogens with zero attached hydrogens (tertiary/aromatic N) is 1. The number of benzene rings is 1. The highest BCUT2D eigenvalue weighted by molar-refractivity contribution is 6.31. The molecule has 1 fully saturated rings. The van der Waals surface area contributed by atoms with Crippen molar-refractivity contribution in [2.24, 2.45) is 5.73 Å². The number of rotatable bonds is 4. The van der Waals surface area contributed by atoms with Gasteiger partial charge < -0.3 is 20.1 Å². The molecular formula is C14H20Cl2N2O3. The Morgan fingerprint density at radius 1 is 1.57 bits per heavy atom. The molecular weight excluding hydrogens is 315 g/mol. The van der Waals surface area contributed by atoms with Gasteiger partial charge in [-0.1, -0.05) is 29.8 Å². The van der Waals surface area contributed by atoms with Crippen molar-refractivity contribution in [1.29, 1.82) is 0 Å². The topological polar surface area (TPSA) is 64.8 Å². The molecule has 0 saturated carbocycles. The van der Waals surface area contributed by atoms with Crippen LogP contribution in [0.25, 0.3) is 0 Å². The summed E-state index contributed by atoms with van der Waals surface area (Å²) in [6.45, 7) is 1.69. The van der Waals surface area contributed by atoms with Crippen LogP contribution in [0.15, 0.2) is 24.3 Å². The summed E-state index contributed by atoms with van der Waals surface area (Å²) in [5, 5.41) is 0.646. The maximum Gasteiger partial charge on any atom is 0.242 e. The fourth-order valence-electron chi connectivity index (χ4n) is 2.26. The van der Waals surface area contributed by atoms with Crippen molar-refractivity contribution in [1.82, 2.24) is 4.90 Å². The summed E-state index contributed by atoms with van der Waals surface area (Å²) < 4.78 is 10.6. The summed E-state index contributed by atoms with van der Waals surface area (Å²) in [7, 11) is 1.53. The first-order valence-electron chi connectivity index (χ1n) is 6.52. The largest absolute Gasteiger partial charge is 0.383 e. The average molecular weight is 335 g/mol. The zero-order chi connectivity index (χ0) is 14.5. The maximum atomic E-state index is 12.2. The number of halogens is 2. The lowest BCUT2D eigenvalue weighted by Crippen LogP contribution is -2.50. The highest BCUT2D eigenvalue weighted by Gasteiger charge is 2.29. The van der Waals surface area contributed by atoms with Gasteiger partial charge >= 0.3 is 0 Å². The maximum absolute atomic E-state index is 12.2. The van der Waals surface area contributed by atoms with Gasteiger partial charge in [0.15, 0.2) is 0 Å². The molecule has 2 N–H and O–H groups in total. The Morgan fingerprint density at radius 3 is 2.95 bits per heavy atom. The molecule has 0 bridgehead atoms. The van der Waals surface area contributed by atoms with Crippen LogP contribution in [0.5, 0.6) is 0 Å². The molecule has 1 aromatic carbocycles. The first-order valence-corrected chi connectivity index (χ1v) is 6.90. The van der Waals surface area contributed by atoms with E-state index in [1.165, 1.54) is 7.11 Å². The summed E-state index contributed by atoms with van der Waals surface area (Å²) >= 11 is 6.17. The van der Waals surface area contributed by atoms with E-state index in [0.29, 0.717) is 24.7 Å². The van der Waals surface area contributed by atoms with Crippen LogP contribution in [0.2, 0.25) is 5.02 Å². The van der Waals surface area contributed by atoms with E-state index < -0.39 is 6.04 Å². The number of carbonyl (C=O) groups excluding carboxylic acids is 1. The quantitative estimate of drug-likeness (QED) is 0.908. The van der Waals surface area contributed by atoms with Crippen molar-refractivity contribution in [2.45, 2.75) is 12.1 Å². The second kappa shape index (κ2) is 8.56. The minimum absolute atomic E-state index is 0. The van der Waals surface area contributed by atoms with Gasteiger partial charge in [-0.15, -0.1) is 12.4 Å². The molecule has 0 aliphatic carbocycles. The van der Waals surface area contributed by atoms with Crippen molar-refractivity contribution in [3.63, 3.8) is 0 Å². The number of morpholine rings is 1. The molecule has 2 rings (SSSR count). The Morgan fingerprint density at radius 2 is 2.29 bits per heavy atom. The molecule has 21 heavy (non-hydrogen) atoms. The molecule has 5 nitrogen and oxygen atoms in total. The van der Waals surface area contributed by atoms with E-state index in [1.807, 2.05) is 24.3 Å². The predicted octanol–water partition coefficient (Wildman–Crippen LogP) is 1.64. The third-order valence-corrected chi connectivity index (χ3v) is 3.64. The summed E-state index contributed by atoms with van der Waals surface area (Å²) in [6, 6.07) is 6.87. The van der Waals surface area contributed by atoms with Crippen LogP contribution in [0.3, 0.4) is 0 Å². The highest BCUT2D eigenvalue weighted by atomic mass is 35.5. The lowest BCUT2D eigenvalue weighted by Gasteiger charge is -2.34. The minimum atomic E-state index is -0.634. The van der Waals surface area contributed by atoms with Gasteiger partial charge in [-0.25, -0.2) is 0 Å². The van der Waals surface area contributed by atoms with Crippen LogP contribution in [0.1, 0.15) is 11.7 Å². The minimum Gasteiger partial charge on any atom is -0.383 e. The van der Waals surface area contributed by atoms with E-state index in [4.69, 9.17) is 26.8 Å². The van der Waals surface area contributed by atoms with Crippen LogP contribution in [0, 0.1) is 0 Å². The fraction of sp³-hybridized carbons (Fsp3) is 0.500. The summed E-state index contributed by atoms with van der Waals surface area (Å²) in [6.07, 6.45) is -0.212. The SMILES string of the molecule is COCC(N)C(=O)N1CCOC(c2ccccc2Cl)C1.Cl. The predicted molar refractivity (Wildman–Crippen MR) is 83.8 cm³/mol. The van der Waals surface area contributed by atoms with Crippen molar-refractivity contribution in [3.05, 3.63) is 34.9 Å². The first kappa shape index (κ1) is 18.2.